The molecule has 0 saturated carbocycles. The molecule has 1 spiro atoms. The molecule has 0 aliphatic carbocycles. The topological polar surface area (TPSA) is 66.5 Å². The Kier molecular flexibility index (Phi) is 4.99. The van der Waals surface area contributed by atoms with E-state index in [2.05, 4.69) is 17.5 Å². The third-order valence-electron chi connectivity index (χ3n) is 7.97. The second-order valence-electron chi connectivity index (χ2n) is 9.97. The molecule has 1 amide bonds. The first-order valence-corrected chi connectivity index (χ1v) is 12.4. The number of nitrogens with one attached hydrogen (secondary N) is 1. The Morgan fingerprint density at radius 3 is 2.47 bits per heavy atom. The SMILES string of the molecule is CC(=O)C1C(C(=O)c2ccccc2Cl)C2(C(=O)Nc3ccccc32)C2C=C(C)c3cc(C)ccc3N12. The number of para-hydroxylation sites is 1. The summed E-state index contributed by atoms with van der Waals surface area (Å²) in [6, 6.07) is 19.0. The molecule has 3 aromatic rings. The van der Waals surface area contributed by atoms with Crippen LogP contribution in [0.15, 0.2) is 72.8 Å². The van der Waals surface area contributed by atoms with Crippen molar-refractivity contribution in [3.05, 3.63) is 100 Å². The van der Waals surface area contributed by atoms with E-state index in [0.29, 0.717) is 16.3 Å². The van der Waals surface area contributed by atoms with Gasteiger partial charge in [-0.3, -0.25) is 14.4 Å². The van der Waals surface area contributed by atoms with Crippen molar-refractivity contribution in [1.29, 1.82) is 0 Å². The van der Waals surface area contributed by atoms with E-state index < -0.39 is 23.4 Å². The molecule has 1 saturated heterocycles. The predicted molar refractivity (Wildman–Crippen MR) is 142 cm³/mol. The Labute approximate surface area is 214 Å². The second-order valence-corrected chi connectivity index (χ2v) is 10.4. The number of carbonyl (C=O) groups is 3. The van der Waals surface area contributed by atoms with Crippen LogP contribution in [0, 0.1) is 12.8 Å². The van der Waals surface area contributed by atoms with Crippen LogP contribution in [0.2, 0.25) is 5.02 Å². The Morgan fingerprint density at radius 1 is 1.00 bits per heavy atom. The maximum Gasteiger partial charge on any atom is 0.238 e. The van der Waals surface area contributed by atoms with E-state index in [4.69, 9.17) is 11.6 Å². The van der Waals surface area contributed by atoms with Crippen LogP contribution in [-0.4, -0.2) is 29.6 Å². The zero-order chi connectivity index (χ0) is 25.4. The molecule has 3 aliphatic rings. The lowest BCUT2D eigenvalue weighted by atomic mass is 9.64. The number of carbonyl (C=O) groups excluding carboxylic acids is 3. The quantitative estimate of drug-likeness (QED) is 0.479. The van der Waals surface area contributed by atoms with E-state index in [1.807, 2.05) is 55.1 Å². The molecule has 6 heteroatoms. The molecule has 3 heterocycles. The number of anilines is 2. The number of amides is 1. The highest BCUT2D eigenvalue weighted by Crippen LogP contribution is 2.58. The third kappa shape index (κ3) is 2.86. The van der Waals surface area contributed by atoms with E-state index in [-0.39, 0.29) is 17.5 Å². The van der Waals surface area contributed by atoms with Crippen molar-refractivity contribution in [2.45, 2.75) is 38.3 Å². The summed E-state index contributed by atoms with van der Waals surface area (Å²) in [5.74, 6) is -1.71. The van der Waals surface area contributed by atoms with Gasteiger partial charge in [0.2, 0.25) is 5.91 Å². The van der Waals surface area contributed by atoms with Crippen molar-refractivity contribution in [1.82, 2.24) is 0 Å². The van der Waals surface area contributed by atoms with Crippen molar-refractivity contribution < 1.29 is 14.4 Å². The first-order valence-electron chi connectivity index (χ1n) is 12.0. The summed E-state index contributed by atoms with van der Waals surface area (Å²) in [5, 5.41) is 3.34. The van der Waals surface area contributed by atoms with Gasteiger partial charge < -0.3 is 10.2 Å². The molecule has 4 atom stereocenters. The number of ketones is 2. The number of Topliss-reactive ketones (excluding diaryl/α,β-unsaturated/α-hetero) is 2. The van der Waals surface area contributed by atoms with Crippen LogP contribution < -0.4 is 10.2 Å². The van der Waals surface area contributed by atoms with E-state index >= 15 is 0 Å². The van der Waals surface area contributed by atoms with Gasteiger partial charge in [-0.05, 0) is 62.2 Å². The number of rotatable bonds is 3. The molecular formula is C30H25ClN2O3. The lowest BCUT2D eigenvalue weighted by molar-refractivity contribution is -0.122. The highest BCUT2D eigenvalue weighted by Gasteiger charge is 2.70. The van der Waals surface area contributed by atoms with Gasteiger partial charge in [-0.2, -0.15) is 0 Å². The first kappa shape index (κ1) is 22.7. The Bertz CT molecular complexity index is 1510. The van der Waals surface area contributed by atoms with Gasteiger partial charge in [-0.1, -0.05) is 59.6 Å². The van der Waals surface area contributed by atoms with Gasteiger partial charge in [0.05, 0.1) is 23.0 Å². The zero-order valence-electron chi connectivity index (χ0n) is 20.2. The maximum absolute atomic E-state index is 14.4. The minimum Gasteiger partial charge on any atom is -0.352 e. The molecule has 0 bridgehead atoms. The maximum atomic E-state index is 14.4. The van der Waals surface area contributed by atoms with E-state index in [1.54, 1.807) is 24.3 Å². The van der Waals surface area contributed by atoms with Crippen molar-refractivity contribution in [3.63, 3.8) is 0 Å². The standard InChI is InChI=1S/C30H25ClN2O3/c1-16-12-13-24-20(14-16)17(2)15-25-30(21-9-5-7-11-23(21)32-29(30)36)26(27(18(3)34)33(24)25)28(35)19-8-4-6-10-22(19)31/h4-15,25-27H,1-3H3,(H,32,36). The average Bonchev–Trinajstić information content (AvgIpc) is 3.32. The van der Waals surface area contributed by atoms with Gasteiger partial charge in [0.25, 0.3) is 0 Å². The van der Waals surface area contributed by atoms with E-state index in [1.165, 1.54) is 6.92 Å². The van der Waals surface area contributed by atoms with Crippen molar-refractivity contribution in [3.8, 4) is 0 Å². The summed E-state index contributed by atoms with van der Waals surface area (Å²) in [6.07, 6.45) is 2.05. The van der Waals surface area contributed by atoms with Crippen LogP contribution in [0.3, 0.4) is 0 Å². The zero-order valence-corrected chi connectivity index (χ0v) is 21.0. The lowest BCUT2D eigenvalue weighted by Gasteiger charge is -2.39. The molecule has 0 aromatic heterocycles. The molecule has 3 aromatic carbocycles. The predicted octanol–water partition coefficient (Wildman–Crippen LogP) is 5.60. The molecule has 180 valence electrons. The number of halogens is 1. The molecule has 6 rings (SSSR count). The van der Waals surface area contributed by atoms with Crippen molar-refractivity contribution >= 4 is 46.0 Å². The molecule has 5 nitrogen and oxygen atoms in total. The van der Waals surface area contributed by atoms with E-state index in [9.17, 15) is 14.4 Å². The van der Waals surface area contributed by atoms with Crippen LogP contribution in [-0.2, 0) is 15.0 Å². The van der Waals surface area contributed by atoms with Gasteiger partial charge in [0.1, 0.15) is 5.41 Å². The van der Waals surface area contributed by atoms with Gasteiger partial charge in [-0.15, -0.1) is 0 Å². The number of hydrogen-bond donors (Lipinski definition) is 1. The van der Waals surface area contributed by atoms with E-state index in [0.717, 1.165) is 28.0 Å². The molecule has 36 heavy (non-hydrogen) atoms. The summed E-state index contributed by atoms with van der Waals surface area (Å²) in [4.78, 5) is 44.0. The molecule has 1 N–H and O–H groups in total. The second kappa shape index (κ2) is 7.90. The average molecular weight is 497 g/mol. The molecule has 1 fully saturated rings. The summed E-state index contributed by atoms with van der Waals surface area (Å²) < 4.78 is 0. The summed E-state index contributed by atoms with van der Waals surface area (Å²) in [6.45, 7) is 5.55. The van der Waals surface area contributed by atoms with Gasteiger partial charge >= 0.3 is 0 Å². The number of fused-ring (bicyclic) bond motifs is 6. The minimum absolute atomic E-state index is 0.168. The highest BCUT2D eigenvalue weighted by atomic mass is 35.5. The van der Waals surface area contributed by atoms with Crippen LogP contribution >= 0.6 is 11.6 Å². The normalized spacial score (nSPS) is 25.7. The van der Waals surface area contributed by atoms with Crippen LogP contribution in [0.5, 0.6) is 0 Å². The lowest BCUT2D eigenvalue weighted by Crippen LogP contribution is -2.51. The van der Waals surface area contributed by atoms with Crippen LogP contribution in [0.4, 0.5) is 11.4 Å². The third-order valence-corrected chi connectivity index (χ3v) is 8.30. The first-order chi connectivity index (χ1) is 17.3. The van der Waals surface area contributed by atoms with Gasteiger partial charge in [0, 0.05) is 22.5 Å². The minimum atomic E-state index is -1.30. The highest BCUT2D eigenvalue weighted by molar-refractivity contribution is 6.34. The molecular weight excluding hydrogens is 472 g/mol. The molecule has 3 aliphatic heterocycles. The summed E-state index contributed by atoms with van der Waals surface area (Å²) >= 11 is 6.50. The van der Waals surface area contributed by atoms with Crippen molar-refractivity contribution in [2.24, 2.45) is 5.92 Å². The van der Waals surface area contributed by atoms with Gasteiger partial charge in [0.15, 0.2) is 11.6 Å². The van der Waals surface area contributed by atoms with Crippen LogP contribution in [0.1, 0.15) is 40.9 Å². The number of benzene rings is 3. The fourth-order valence-electron chi connectivity index (χ4n) is 6.53. The number of allylic oxidation sites excluding steroid dienone is 1. The molecule has 4 unspecified atom stereocenters. The fraction of sp³-hybridized carbons (Fsp3) is 0.233. The largest absolute Gasteiger partial charge is 0.352 e. The molecule has 0 radical (unpaired) electrons. The van der Waals surface area contributed by atoms with Crippen molar-refractivity contribution in [2.75, 3.05) is 10.2 Å². The Morgan fingerprint density at radius 2 is 1.72 bits per heavy atom. The summed E-state index contributed by atoms with van der Waals surface area (Å²) in [7, 11) is 0. The summed E-state index contributed by atoms with van der Waals surface area (Å²) in [5.41, 5.74) is 4.40. The Balaban J connectivity index is 1.70. The Hall–Kier alpha value is -3.70. The van der Waals surface area contributed by atoms with Crippen LogP contribution in [0.25, 0.3) is 5.57 Å². The number of hydrogen-bond acceptors (Lipinski definition) is 4. The smallest absolute Gasteiger partial charge is 0.238 e. The van der Waals surface area contributed by atoms with Gasteiger partial charge in [-0.25, -0.2) is 0 Å². The monoisotopic (exact) mass is 496 g/mol. The number of aryl methyl sites for hydroxylation is 1. The number of nitrogens with zero attached hydrogens (tertiary/aromatic N) is 1. The fourth-order valence-corrected chi connectivity index (χ4v) is 6.76.